The van der Waals surface area contributed by atoms with E-state index < -0.39 is 0 Å². The molecule has 2 atom stereocenters. The molecule has 1 saturated heterocycles. The molecule has 1 amide bonds. The van der Waals surface area contributed by atoms with Crippen LogP contribution in [0.4, 0.5) is 5.69 Å². The van der Waals surface area contributed by atoms with Crippen molar-refractivity contribution in [1.29, 1.82) is 0 Å². The minimum atomic E-state index is -0.0731. The van der Waals surface area contributed by atoms with Crippen LogP contribution in [0, 0.1) is 0 Å². The SMILES string of the molecule is CCn1cccc1[C@H]1[C@@H](c2ccccn2)NC(=S)N1CCC(=O)Nc1ccccc1. The van der Waals surface area contributed by atoms with Gasteiger partial charge in [0.15, 0.2) is 5.11 Å². The molecule has 30 heavy (non-hydrogen) atoms. The second-order valence-electron chi connectivity index (χ2n) is 7.20. The van der Waals surface area contributed by atoms with Crippen LogP contribution in [-0.2, 0) is 11.3 Å². The average Bonchev–Trinajstić information content (AvgIpc) is 3.37. The molecule has 0 bridgehead atoms. The number of benzene rings is 1. The van der Waals surface area contributed by atoms with Gasteiger partial charge in [-0.1, -0.05) is 24.3 Å². The molecule has 2 aromatic heterocycles. The summed E-state index contributed by atoms with van der Waals surface area (Å²) in [4.78, 5) is 19.2. The number of rotatable bonds is 7. The molecule has 7 heteroatoms. The monoisotopic (exact) mass is 419 g/mol. The molecule has 154 valence electrons. The largest absolute Gasteiger partial charge is 0.352 e. The predicted molar refractivity (Wildman–Crippen MR) is 122 cm³/mol. The first-order chi connectivity index (χ1) is 14.7. The fourth-order valence-corrected chi connectivity index (χ4v) is 4.25. The summed E-state index contributed by atoms with van der Waals surface area (Å²) in [5.41, 5.74) is 2.89. The molecular weight excluding hydrogens is 394 g/mol. The van der Waals surface area contributed by atoms with Crippen LogP contribution in [0.1, 0.15) is 36.8 Å². The molecule has 1 aliphatic rings. The Morgan fingerprint density at radius 1 is 1.13 bits per heavy atom. The van der Waals surface area contributed by atoms with Crippen molar-refractivity contribution in [2.45, 2.75) is 32.0 Å². The van der Waals surface area contributed by atoms with Crippen LogP contribution in [0.25, 0.3) is 0 Å². The van der Waals surface area contributed by atoms with E-state index in [1.54, 1.807) is 6.20 Å². The molecule has 0 unspecified atom stereocenters. The van der Waals surface area contributed by atoms with Gasteiger partial charge in [-0.25, -0.2) is 0 Å². The number of aromatic nitrogens is 2. The van der Waals surface area contributed by atoms with Gasteiger partial charge in [-0.05, 0) is 55.5 Å². The van der Waals surface area contributed by atoms with Crippen molar-refractivity contribution >= 4 is 28.9 Å². The summed E-state index contributed by atoms with van der Waals surface area (Å²) in [6.07, 6.45) is 4.22. The zero-order chi connectivity index (χ0) is 20.9. The molecule has 4 rings (SSSR count). The summed E-state index contributed by atoms with van der Waals surface area (Å²) in [6, 6.07) is 19.5. The average molecular weight is 420 g/mol. The Bertz CT molecular complexity index is 1000. The molecule has 1 aliphatic heterocycles. The summed E-state index contributed by atoms with van der Waals surface area (Å²) < 4.78 is 2.22. The zero-order valence-electron chi connectivity index (χ0n) is 16.9. The normalized spacial score (nSPS) is 18.3. The number of anilines is 1. The molecule has 0 saturated carbocycles. The Morgan fingerprint density at radius 3 is 2.67 bits per heavy atom. The van der Waals surface area contributed by atoms with Gasteiger partial charge in [0.1, 0.15) is 0 Å². The van der Waals surface area contributed by atoms with Gasteiger partial charge in [-0.3, -0.25) is 9.78 Å². The summed E-state index contributed by atoms with van der Waals surface area (Å²) in [5.74, 6) is -0.0325. The first kappa shape index (κ1) is 20.1. The van der Waals surface area contributed by atoms with E-state index in [1.165, 1.54) is 0 Å². The van der Waals surface area contributed by atoms with Crippen LogP contribution in [0.5, 0.6) is 0 Å². The molecule has 0 spiro atoms. The van der Waals surface area contributed by atoms with Crippen molar-refractivity contribution in [2.75, 3.05) is 11.9 Å². The molecule has 3 aromatic rings. The molecule has 1 aromatic carbocycles. The third-order valence-electron chi connectivity index (χ3n) is 5.34. The van der Waals surface area contributed by atoms with Crippen molar-refractivity contribution in [3.63, 3.8) is 0 Å². The lowest BCUT2D eigenvalue weighted by atomic mass is 10.0. The molecule has 0 aliphatic carbocycles. The minimum Gasteiger partial charge on any atom is -0.352 e. The highest BCUT2D eigenvalue weighted by Gasteiger charge is 2.40. The van der Waals surface area contributed by atoms with Gasteiger partial charge in [0.05, 0.1) is 17.8 Å². The van der Waals surface area contributed by atoms with E-state index in [1.807, 2.05) is 48.5 Å². The Labute approximate surface area is 181 Å². The maximum Gasteiger partial charge on any atom is 0.226 e. The van der Waals surface area contributed by atoms with Gasteiger partial charge in [-0.15, -0.1) is 0 Å². The number of para-hydroxylation sites is 1. The van der Waals surface area contributed by atoms with Gasteiger partial charge in [-0.2, -0.15) is 0 Å². The molecular formula is C23H25N5OS. The molecule has 1 fully saturated rings. The third-order valence-corrected chi connectivity index (χ3v) is 5.70. The topological polar surface area (TPSA) is 62.2 Å². The molecule has 3 heterocycles. The maximum atomic E-state index is 12.5. The third kappa shape index (κ3) is 4.21. The second-order valence-corrected chi connectivity index (χ2v) is 7.59. The van der Waals surface area contributed by atoms with Crippen LogP contribution in [0.15, 0.2) is 73.1 Å². The summed E-state index contributed by atoms with van der Waals surface area (Å²) in [5, 5.41) is 7.03. The number of carbonyl (C=O) groups is 1. The van der Waals surface area contributed by atoms with E-state index in [4.69, 9.17) is 12.2 Å². The number of hydrogen-bond acceptors (Lipinski definition) is 3. The van der Waals surface area contributed by atoms with E-state index in [-0.39, 0.29) is 18.0 Å². The lowest BCUT2D eigenvalue weighted by Crippen LogP contribution is -2.33. The summed E-state index contributed by atoms with van der Waals surface area (Å²) in [6.45, 7) is 3.51. The Hall–Kier alpha value is -3.19. The van der Waals surface area contributed by atoms with E-state index in [0.29, 0.717) is 18.1 Å². The quantitative estimate of drug-likeness (QED) is 0.569. The van der Waals surface area contributed by atoms with Crippen molar-refractivity contribution in [2.24, 2.45) is 0 Å². The Morgan fingerprint density at radius 2 is 1.93 bits per heavy atom. The van der Waals surface area contributed by atoms with Crippen LogP contribution in [0.3, 0.4) is 0 Å². The minimum absolute atomic E-state index is 0.0325. The second kappa shape index (κ2) is 9.09. The van der Waals surface area contributed by atoms with Crippen molar-refractivity contribution in [1.82, 2.24) is 19.8 Å². The first-order valence-electron chi connectivity index (χ1n) is 10.2. The number of aryl methyl sites for hydroxylation is 1. The van der Waals surface area contributed by atoms with Gasteiger partial charge in [0.25, 0.3) is 0 Å². The lowest BCUT2D eigenvalue weighted by Gasteiger charge is -2.28. The standard InChI is InChI=1S/C23H25N5OS/c1-2-27-15-8-12-19(27)22-21(18-11-6-7-14-24-18)26-23(30)28(22)16-13-20(29)25-17-9-4-3-5-10-17/h3-12,14-15,21-22H,2,13,16H2,1H3,(H,25,29)(H,26,30)/t21-,22+/m1/s1. The number of thiocarbonyl (C=S) groups is 1. The van der Waals surface area contributed by atoms with Crippen LogP contribution < -0.4 is 10.6 Å². The Kier molecular flexibility index (Phi) is 6.09. The van der Waals surface area contributed by atoms with E-state index in [2.05, 4.69) is 50.3 Å². The van der Waals surface area contributed by atoms with Crippen molar-refractivity contribution in [3.8, 4) is 0 Å². The van der Waals surface area contributed by atoms with Gasteiger partial charge >= 0.3 is 0 Å². The molecule has 6 nitrogen and oxygen atoms in total. The van der Waals surface area contributed by atoms with Crippen molar-refractivity contribution in [3.05, 3.63) is 84.4 Å². The number of pyridine rings is 1. The highest BCUT2D eigenvalue weighted by molar-refractivity contribution is 7.80. The predicted octanol–water partition coefficient (Wildman–Crippen LogP) is 3.90. The highest BCUT2D eigenvalue weighted by Crippen LogP contribution is 2.38. The highest BCUT2D eigenvalue weighted by atomic mass is 32.1. The number of nitrogens with zero attached hydrogens (tertiary/aromatic N) is 3. The fraction of sp³-hybridized carbons (Fsp3) is 0.261. The fourth-order valence-electron chi connectivity index (χ4n) is 3.92. The smallest absolute Gasteiger partial charge is 0.226 e. The van der Waals surface area contributed by atoms with Crippen molar-refractivity contribution < 1.29 is 4.79 Å². The zero-order valence-corrected chi connectivity index (χ0v) is 17.7. The number of hydrogen-bond donors (Lipinski definition) is 2. The van der Waals surface area contributed by atoms with E-state index >= 15 is 0 Å². The Balaban J connectivity index is 1.55. The molecule has 2 N–H and O–H groups in total. The summed E-state index contributed by atoms with van der Waals surface area (Å²) in [7, 11) is 0. The lowest BCUT2D eigenvalue weighted by molar-refractivity contribution is -0.116. The first-order valence-corrected chi connectivity index (χ1v) is 10.6. The molecule has 0 radical (unpaired) electrons. The van der Waals surface area contributed by atoms with Crippen LogP contribution in [-0.4, -0.2) is 32.0 Å². The van der Waals surface area contributed by atoms with Gasteiger partial charge < -0.3 is 20.1 Å². The van der Waals surface area contributed by atoms with E-state index in [9.17, 15) is 4.79 Å². The van der Waals surface area contributed by atoms with Crippen LogP contribution in [0.2, 0.25) is 0 Å². The van der Waals surface area contributed by atoms with E-state index in [0.717, 1.165) is 23.6 Å². The number of nitrogens with one attached hydrogen (secondary N) is 2. The number of amides is 1. The maximum absolute atomic E-state index is 12.5. The van der Waals surface area contributed by atoms with Gasteiger partial charge in [0, 0.05) is 43.3 Å². The van der Waals surface area contributed by atoms with Crippen LogP contribution >= 0.6 is 12.2 Å². The van der Waals surface area contributed by atoms with Gasteiger partial charge in [0.2, 0.25) is 5.91 Å². The summed E-state index contributed by atoms with van der Waals surface area (Å²) >= 11 is 5.68. The number of carbonyl (C=O) groups excluding carboxylic acids is 1.